The first-order chi connectivity index (χ1) is 20.4. The van der Waals surface area contributed by atoms with E-state index in [0.717, 1.165) is 61.8 Å². The van der Waals surface area contributed by atoms with Crippen LogP contribution in [0.15, 0.2) is 90.9 Å². The number of para-hydroxylation sites is 1. The molecule has 2 heterocycles. The average Bonchev–Trinajstić information content (AvgIpc) is 3.50. The number of nitrogens with one attached hydrogen (secondary N) is 1. The molecular formula is C36H32N2. The molecule has 38 heavy (non-hydrogen) atoms. The van der Waals surface area contributed by atoms with Crippen LogP contribution in [-0.4, -0.2) is 9.55 Å². The zero-order chi connectivity index (χ0) is 30.2. The summed E-state index contributed by atoms with van der Waals surface area (Å²) in [5.74, 6) is 0. The molecule has 0 bridgehead atoms. The van der Waals surface area contributed by atoms with Crippen LogP contribution in [0.4, 0.5) is 0 Å². The van der Waals surface area contributed by atoms with Crippen molar-refractivity contribution >= 4 is 54.4 Å². The third kappa shape index (κ3) is 2.89. The lowest BCUT2D eigenvalue weighted by Crippen LogP contribution is -2.33. The van der Waals surface area contributed by atoms with Gasteiger partial charge in [0.2, 0.25) is 0 Å². The van der Waals surface area contributed by atoms with Gasteiger partial charge < -0.3 is 9.55 Å². The molecule has 0 saturated heterocycles. The lowest BCUT2D eigenvalue weighted by Gasteiger charge is -2.41. The van der Waals surface area contributed by atoms with Crippen LogP contribution in [0, 0.1) is 0 Å². The summed E-state index contributed by atoms with van der Waals surface area (Å²) in [6.07, 6.45) is 2.28. The molecule has 0 atom stereocenters. The van der Waals surface area contributed by atoms with E-state index in [-0.39, 0.29) is 40.7 Å². The van der Waals surface area contributed by atoms with E-state index >= 15 is 0 Å². The molecule has 5 aromatic carbocycles. The number of aromatic nitrogens is 2. The number of H-pyrrole nitrogens is 1. The van der Waals surface area contributed by atoms with Crippen molar-refractivity contribution in [3.63, 3.8) is 0 Å². The fraction of sp³-hybridized carbons (Fsp3) is 0.222. The summed E-state index contributed by atoms with van der Waals surface area (Å²) in [5, 5.41) is 6.46. The fourth-order valence-corrected chi connectivity index (χ4v) is 6.84. The van der Waals surface area contributed by atoms with Crippen molar-refractivity contribution in [1.82, 2.24) is 9.55 Å². The van der Waals surface area contributed by atoms with E-state index < -0.39 is 6.04 Å². The zero-order valence-electron chi connectivity index (χ0n) is 27.1. The van der Waals surface area contributed by atoms with Gasteiger partial charge in [-0.2, -0.15) is 0 Å². The molecule has 0 amide bonds. The topological polar surface area (TPSA) is 20.7 Å². The highest BCUT2D eigenvalue weighted by atomic mass is 15.0. The Morgan fingerprint density at radius 1 is 0.684 bits per heavy atom. The Bertz CT molecular complexity index is 2330. The number of fused-ring (bicyclic) bond motifs is 9. The van der Waals surface area contributed by atoms with Crippen LogP contribution in [-0.2, 0) is 10.8 Å². The Kier molecular flexibility index (Phi) is 3.35. The molecule has 0 saturated carbocycles. The number of hydrogen-bond acceptors (Lipinski definition) is 0. The van der Waals surface area contributed by atoms with Crippen LogP contribution in [0.25, 0.3) is 60.1 Å². The third-order valence-electron chi connectivity index (χ3n) is 9.05. The summed E-state index contributed by atoms with van der Waals surface area (Å²) >= 11 is 0. The van der Waals surface area contributed by atoms with E-state index in [1.54, 1.807) is 0 Å². The van der Waals surface area contributed by atoms with Crippen molar-refractivity contribution in [2.45, 2.75) is 51.4 Å². The minimum atomic E-state index is -0.391. The van der Waals surface area contributed by atoms with Gasteiger partial charge in [-0.25, -0.2) is 0 Å². The lowest BCUT2D eigenvalue weighted by atomic mass is 9.63. The first kappa shape index (κ1) is 17.5. The molecule has 0 aliphatic heterocycles. The van der Waals surface area contributed by atoms with Gasteiger partial charge in [0.05, 0.1) is 17.9 Å². The Balaban J connectivity index is 1.56. The lowest BCUT2D eigenvalue weighted by molar-refractivity contribution is 0.332. The molecule has 0 spiro atoms. The predicted octanol–water partition coefficient (Wildman–Crippen LogP) is 9.92. The number of nitrogens with zero attached hydrogens (tertiary/aromatic N) is 1. The molecule has 1 aliphatic carbocycles. The van der Waals surface area contributed by atoms with Crippen LogP contribution in [0.3, 0.4) is 0 Å². The second-order valence-electron chi connectivity index (χ2n) is 12.2. The van der Waals surface area contributed by atoms with Crippen LogP contribution in [0.1, 0.15) is 58.5 Å². The van der Waals surface area contributed by atoms with Gasteiger partial charge in [-0.05, 0) is 88.0 Å². The van der Waals surface area contributed by atoms with E-state index in [1.807, 2.05) is 28.8 Å². The van der Waals surface area contributed by atoms with E-state index in [1.165, 1.54) is 16.5 Å². The third-order valence-corrected chi connectivity index (χ3v) is 9.05. The van der Waals surface area contributed by atoms with Gasteiger partial charge in [-0.15, -0.1) is 0 Å². The first-order valence-corrected chi connectivity index (χ1v) is 13.4. The molecule has 186 valence electrons. The number of aromatic amines is 1. The Morgan fingerprint density at radius 2 is 1.37 bits per heavy atom. The molecular weight excluding hydrogens is 460 g/mol. The van der Waals surface area contributed by atoms with Gasteiger partial charge in [0.15, 0.2) is 0 Å². The van der Waals surface area contributed by atoms with Crippen molar-refractivity contribution in [2.24, 2.45) is 0 Å². The van der Waals surface area contributed by atoms with Gasteiger partial charge in [0.25, 0.3) is 0 Å². The van der Waals surface area contributed by atoms with Crippen molar-refractivity contribution in [3.8, 4) is 5.69 Å². The Labute approximate surface area is 229 Å². The molecule has 2 nitrogen and oxygen atoms in total. The number of benzene rings is 5. The molecule has 0 radical (unpaired) electrons. The van der Waals surface area contributed by atoms with Gasteiger partial charge in [0.1, 0.15) is 0 Å². The Hall–Kier alpha value is -4.04. The minimum absolute atomic E-state index is 0.0833. The van der Waals surface area contributed by atoms with Gasteiger partial charge in [-0.3, -0.25) is 0 Å². The van der Waals surface area contributed by atoms with Gasteiger partial charge in [-0.1, -0.05) is 76.2 Å². The van der Waals surface area contributed by atoms with Crippen molar-refractivity contribution in [3.05, 3.63) is 102 Å². The zero-order valence-corrected chi connectivity index (χ0v) is 22.1. The monoisotopic (exact) mass is 497 g/mol. The van der Waals surface area contributed by atoms with Crippen LogP contribution >= 0.6 is 0 Å². The highest BCUT2D eigenvalue weighted by Crippen LogP contribution is 2.48. The maximum atomic E-state index is 8.84. The summed E-state index contributed by atoms with van der Waals surface area (Å²) in [6.45, 7) is 9.37. The average molecular weight is 498 g/mol. The summed E-state index contributed by atoms with van der Waals surface area (Å²) in [5.41, 5.74) is 6.80. The predicted molar refractivity (Wildman–Crippen MR) is 163 cm³/mol. The summed E-state index contributed by atoms with van der Waals surface area (Å²) < 4.78 is 44.5. The smallest absolute Gasteiger partial charge is 0.0645 e. The highest BCUT2D eigenvalue weighted by Gasteiger charge is 2.37. The van der Waals surface area contributed by atoms with Crippen LogP contribution < -0.4 is 0 Å². The second-order valence-corrected chi connectivity index (χ2v) is 12.2. The first-order valence-electron chi connectivity index (χ1n) is 15.9. The molecule has 0 fully saturated rings. The van der Waals surface area contributed by atoms with Crippen LogP contribution in [0.2, 0.25) is 0 Å². The normalized spacial score (nSPS) is 18.5. The van der Waals surface area contributed by atoms with Crippen molar-refractivity contribution < 1.29 is 6.85 Å². The van der Waals surface area contributed by atoms with Crippen molar-refractivity contribution in [2.75, 3.05) is 0 Å². The molecule has 1 N–H and O–H groups in total. The van der Waals surface area contributed by atoms with E-state index in [4.69, 9.17) is 6.85 Å². The molecule has 0 unspecified atom stereocenters. The molecule has 8 rings (SSSR count). The summed E-state index contributed by atoms with van der Waals surface area (Å²) in [4.78, 5) is 3.70. The maximum absolute atomic E-state index is 8.84. The highest BCUT2D eigenvalue weighted by molar-refractivity contribution is 6.25. The maximum Gasteiger partial charge on any atom is 0.0645 e. The minimum Gasteiger partial charge on any atom is -0.354 e. The standard InChI is InChI=1S/C36H32N2/c1-35(2)16-17-36(3,4)29-20-30-26(19-28(29)35)25-18-27-33(21-31(25)37-30)38(23-11-6-5-7-12-23)32-15-14-22-10-8-9-13-24(22)34(27)32/h5-15,18-21,37H,16-17H2,1-4H3/i5D,6D,7D,11D,12D. The summed E-state index contributed by atoms with van der Waals surface area (Å²) in [6, 6.07) is 19.8. The molecule has 2 heteroatoms. The quantitative estimate of drug-likeness (QED) is 0.233. The number of rotatable bonds is 1. The largest absolute Gasteiger partial charge is 0.354 e. The van der Waals surface area contributed by atoms with Gasteiger partial charge in [0, 0.05) is 38.3 Å². The molecule has 1 aliphatic rings. The van der Waals surface area contributed by atoms with E-state index in [0.29, 0.717) is 0 Å². The fourth-order valence-electron chi connectivity index (χ4n) is 6.84. The molecule has 2 aromatic heterocycles. The van der Waals surface area contributed by atoms with E-state index in [9.17, 15) is 0 Å². The second kappa shape index (κ2) is 7.29. The van der Waals surface area contributed by atoms with Crippen molar-refractivity contribution in [1.29, 1.82) is 0 Å². The SMILES string of the molecule is [2H]c1c([2H])c([2H])c(-n2c3cc4[nH]c5cc6c(cc5c4cc3c3c4ccccc4ccc32)C(C)(C)CCC6(C)C)c([2H])c1[2H]. The number of hydrogen-bond donors (Lipinski definition) is 1. The molecule has 7 aromatic rings. The van der Waals surface area contributed by atoms with Gasteiger partial charge >= 0.3 is 0 Å². The summed E-state index contributed by atoms with van der Waals surface area (Å²) in [7, 11) is 0. The van der Waals surface area contributed by atoms with Crippen LogP contribution in [0.5, 0.6) is 0 Å². The van der Waals surface area contributed by atoms with E-state index in [2.05, 4.69) is 69.1 Å². The Morgan fingerprint density at radius 3 is 2.16 bits per heavy atom.